The SMILES string of the molecule is CC1=C2C=CC=CN2CC1=O. The van der Waals surface area contributed by atoms with Crippen molar-refractivity contribution < 1.29 is 4.79 Å². The van der Waals surface area contributed by atoms with Crippen molar-refractivity contribution in [2.24, 2.45) is 0 Å². The number of ketones is 1. The van der Waals surface area contributed by atoms with Crippen molar-refractivity contribution in [2.75, 3.05) is 6.54 Å². The van der Waals surface area contributed by atoms with Crippen LogP contribution in [0.15, 0.2) is 35.7 Å². The molecule has 0 atom stereocenters. The average molecular weight is 147 g/mol. The second kappa shape index (κ2) is 2.09. The Morgan fingerprint density at radius 2 is 2.27 bits per heavy atom. The summed E-state index contributed by atoms with van der Waals surface area (Å²) in [5, 5.41) is 0. The summed E-state index contributed by atoms with van der Waals surface area (Å²) >= 11 is 0. The highest BCUT2D eigenvalue weighted by atomic mass is 16.1. The number of hydrogen-bond donors (Lipinski definition) is 0. The molecule has 0 saturated carbocycles. The molecular weight excluding hydrogens is 138 g/mol. The highest BCUT2D eigenvalue weighted by molar-refractivity contribution is 6.00. The third-order valence-corrected chi connectivity index (χ3v) is 2.06. The Morgan fingerprint density at radius 1 is 1.45 bits per heavy atom. The smallest absolute Gasteiger partial charge is 0.180 e. The number of rotatable bonds is 0. The first-order valence-corrected chi connectivity index (χ1v) is 3.64. The van der Waals surface area contributed by atoms with Gasteiger partial charge < -0.3 is 4.90 Å². The van der Waals surface area contributed by atoms with Crippen LogP contribution in [-0.4, -0.2) is 17.2 Å². The molecular formula is C9H9NO. The third kappa shape index (κ3) is 0.827. The number of fused-ring (bicyclic) bond motifs is 1. The quantitative estimate of drug-likeness (QED) is 0.513. The van der Waals surface area contributed by atoms with Gasteiger partial charge in [-0.1, -0.05) is 6.08 Å². The van der Waals surface area contributed by atoms with Crippen molar-refractivity contribution in [3.05, 3.63) is 35.7 Å². The van der Waals surface area contributed by atoms with E-state index in [-0.39, 0.29) is 5.78 Å². The van der Waals surface area contributed by atoms with E-state index < -0.39 is 0 Å². The Morgan fingerprint density at radius 3 is 3.00 bits per heavy atom. The normalized spacial score (nSPS) is 21.5. The molecule has 0 aromatic heterocycles. The van der Waals surface area contributed by atoms with Crippen LogP contribution in [0.5, 0.6) is 0 Å². The minimum Gasteiger partial charge on any atom is -0.340 e. The van der Waals surface area contributed by atoms with Gasteiger partial charge in [-0.05, 0) is 19.1 Å². The number of nitrogens with zero attached hydrogens (tertiary/aromatic N) is 1. The summed E-state index contributed by atoms with van der Waals surface area (Å²) < 4.78 is 0. The summed E-state index contributed by atoms with van der Waals surface area (Å²) in [6.45, 7) is 2.39. The van der Waals surface area contributed by atoms with Crippen LogP contribution in [0.1, 0.15) is 6.92 Å². The summed E-state index contributed by atoms with van der Waals surface area (Å²) in [4.78, 5) is 13.1. The van der Waals surface area contributed by atoms with Gasteiger partial charge in [-0.2, -0.15) is 0 Å². The minimum atomic E-state index is 0.233. The largest absolute Gasteiger partial charge is 0.340 e. The van der Waals surface area contributed by atoms with E-state index in [0.29, 0.717) is 6.54 Å². The molecule has 0 aliphatic carbocycles. The highest BCUT2D eigenvalue weighted by Crippen LogP contribution is 2.23. The summed E-state index contributed by atoms with van der Waals surface area (Å²) in [6.07, 6.45) is 7.80. The van der Waals surface area contributed by atoms with Gasteiger partial charge in [-0.15, -0.1) is 0 Å². The Hall–Kier alpha value is -1.31. The number of hydrogen-bond acceptors (Lipinski definition) is 2. The molecule has 11 heavy (non-hydrogen) atoms. The molecule has 0 unspecified atom stereocenters. The molecule has 0 radical (unpaired) electrons. The predicted octanol–water partition coefficient (Wildman–Crippen LogP) is 1.23. The topological polar surface area (TPSA) is 20.3 Å². The van der Waals surface area contributed by atoms with E-state index in [4.69, 9.17) is 0 Å². The Labute approximate surface area is 65.5 Å². The van der Waals surface area contributed by atoms with Crippen LogP contribution in [0.3, 0.4) is 0 Å². The molecule has 0 amide bonds. The van der Waals surface area contributed by atoms with Crippen LogP contribution in [0.25, 0.3) is 0 Å². The number of carbonyl (C=O) groups excluding carboxylic acids is 1. The van der Waals surface area contributed by atoms with Crippen LogP contribution in [0.4, 0.5) is 0 Å². The lowest BCUT2D eigenvalue weighted by Crippen LogP contribution is -2.15. The zero-order valence-corrected chi connectivity index (χ0v) is 6.37. The van der Waals surface area contributed by atoms with Crippen LogP contribution >= 0.6 is 0 Å². The molecule has 2 heterocycles. The zero-order valence-electron chi connectivity index (χ0n) is 6.37. The molecule has 2 aliphatic rings. The summed E-state index contributed by atoms with van der Waals surface area (Å²) in [5.74, 6) is 0.233. The summed E-state index contributed by atoms with van der Waals surface area (Å²) in [7, 11) is 0. The minimum absolute atomic E-state index is 0.233. The second-order valence-corrected chi connectivity index (χ2v) is 2.76. The molecule has 2 nitrogen and oxygen atoms in total. The monoisotopic (exact) mass is 147 g/mol. The van der Waals surface area contributed by atoms with E-state index in [0.717, 1.165) is 11.3 Å². The molecule has 0 fully saturated rings. The lowest BCUT2D eigenvalue weighted by atomic mass is 10.2. The molecule has 0 aromatic rings. The number of allylic oxidation sites excluding steroid dienone is 3. The lowest BCUT2D eigenvalue weighted by molar-refractivity contribution is -0.114. The fourth-order valence-electron chi connectivity index (χ4n) is 1.37. The number of carbonyl (C=O) groups is 1. The van der Waals surface area contributed by atoms with Gasteiger partial charge in [0.25, 0.3) is 0 Å². The van der Waals surface area contributed by atoms with Crippen molar-refractivity contribution >= 4 is 5.78 Å². The highest BCUT2D eigenvalue weighted by Gasteiger charge is 2.23. The molecule has 0 saturated heterocycles. The van der Waals surface area contributed by atoms with Crippen molar-refractivity contribution in [2.45, 2.75) is 6.92 Å². The van der Waals surface area contributed by atoms with E-state index in [9.17, 15) is 4.79 Å². The van der Waals surface area contributed by atoms with E-state index in [1.54, 1.807) is 0 Å². The van der Waals surface area contributed by atoms with Gasteiger partial charge in [0.2, 0.25) is 0 Å². The maximum Gasteiger partial charge on any atom is 0.180 e. The first-order valence-electron chi connectivity index (χ1n) is 3.64. The van der Waals surface area contributed by atoms with Gasteiger partial charge in [-0.3, -0.25) is 4.79 Å². The van der Waals surface area contributed by atoms with Crippen molar-refractivity contribution in [3.63, 3.8) is 0 Å². The van der Waals surface area contributed by atoms with Gasteiger partial charge in [0, 0.05) is 17.5 Å². The van der Waals surface area contributed by atoms with Crippen molar-refractivity contribution in [1.82, 2.24) is 4.90 Å². The van der Waals surface area contributed by atoms with Gasteiger partial charge in [0.05, 0.1) is 6.54 Å². The van der Waals surface area contributed by atoms with Gasteiger partial charge in [0.15, 0.2) is 5.78 Å². The van der Waals surface area contributed by atoms with E-state index >= 15 is 0 Å². The molecule has 0 spiro atoms. The summed E-state index contributed by atoms with van der Waals surface area (Å²) in [6, 6.07) is 0. The Bertz CT molecular complexity index is 297. The predicted molar refractivity (Wildman–Crippen MR) is 42.7 cm³/mol. The molecule has 0 N–H and O–H groups in total. The van der Waals surface area contributed by atoms with Gasteiger partial charge in [0.1, 0.15) is 0 Å². The maximum absolute atomic E-state index is 11.2. The molecule has 56 valence electrons. The maximum atomic E-state index is 11.2. The molecule has 0 bridgehead atoms. The van der Waals surface area contributed by atoms with Crippen LogP contribution < -0.4 is 0 Å². The average Bonchev–Trinajstić information content (AvgIpc) is 2.30. The first kappa shape index (κ1) is 6.40. The molecule has 2 aliphatic heterocycles. The standard InChI is InChI=1S/C9H9NO/c1-7-8-4-2-3-5-10(8)6-9(7)11/h2-5H,6H2,1H3. The van der Waals surface area contributed by atoms with Crippen molar-refractivity contribution in [1.29, 1.82) is 0 Å². The second-order valence-electron chi connectivity index (χ2n) is 2.76. The third-order valence-electron chi connectivity index (χ3n) is 2.06. The molecule has 0 aromatic carbocycles. The Kier molecular flexibility index (Phi) is 1.22. The number of Topliss-reactive ketones (excluding diaryl/α,β-unsaturated/α-hetero) is 1. The lowest BCUT2D eigenvalue weighted by Gasteiger charge is -2.15. The van der Waals surface area contributed by atoms with E-state index in [1.807, 2.05) is 36.3 Å². The van der Waals surface area contributed by atoms with E-state index in [2.05, 4.69) is 0 Å². The first-order chi connectivity index (χ1) is 5.29. The van der Waals surface area contributed by atoms with Crippen LogP contribution in [0.2, 0.25) is 0 Å². The zero-order chi connectivity index (χ0) is 7.84. The van der Waals surface area contributed by atoms with Gasteiger partial charge in [-0.25, -0.2) is 0 Å². The summed E-state index contributed by atoms with van der Waals surface area (Å²) in [5.41, 5.74) is 1.93. The molecule has 2 heteroatoms. The van der Waals surface area contributed by atoms with Crippen LogP contribution in [0, 0.1) is 0 Å². The van der Waals surface area contributed by atoms with Crippen molar-refractivity contribution in [3.8, 4) is 0 Å². The fourth-order valence-corrected chi connectivity index (χ4v) is 1.37. The Balaban J connectivity index is 2.47. The van der Waals surface area contributed by atoms with Gasteiger partial charge >= 0.3 is 0 Å². The molecule has 2 rings (SSSR count). The van der Waals surface area contributed by atoms with E-state index in [1.165, 1.54) is 0 Å². The fraction of sp³-hybridized carbons (Fsp3) is 0.222. The van der Waals surface area contributed by atoms with Crippen LogP contribution in [-0.2, 0) is 4.79 Å².